The molecule has 0 radical (unpaired) electrons. The molecule has 160 valence electrons. The number of Topliss-reactive ketones (excluding diaryl/α,β-unsaturated/α-hetero) is 1. The third-order valence-corrected chi connectivity index (χ3v) is 5.43. The van der Waals surface area contributed by atoms with Crippen molar-refractivity contribution in [1.82, 2.24) is 4.98 Å². The molecule has 4 rings (SSSR count). The molecule has 0 spiro atoms. The summed E-state index contributed by atoms with van der Waals surface area (Å²) in [6.07, 6.45) is -0.0775. The minimum absolute atomic E-state index is 0.0454. The van der Waals surface area contributed by atoms with E-state index in [2.05, 4.69) is 4.98 Å². The van der Waals surface area contributed by atoms with E-state index < -0.39 is 11.9 Å². The Morgan fingerprint density at radius 3 is 2.48 bits per heavy atom. The van der Waals surface area contributed by atoms with Crippen LogP contribution in [0.1, 0.15) is 31.2 Å². The highest BCUT2D eigenvalue weighted by molar-refractivity contribution is 5.90. The fraction of sp³-hybridized carbons (Fsp3) is 0.292. The monoisotopic (exact) mass is 422 g/mol. The molecular formula is C24H23FN2O4. The predicted octanol–water partition coefficient (Wildman–Crippen LogP) is 5.46. The van der Waals surface area contributed by atoms with Crippen LogP contribution in [0.15, 0.2) is 46.9 Å². The molecule has 1 aromatic heterocycles. The minimum Gasteiger partial charge on any atom is -0.444 e. The lowest BCUT2D eigenvalue weighted by Gasteiger charge is -2.14. The number of cyclic esters (lactones) is 1. The summed E-state index contributed by atoms with van der Waals surface area (Å²) in [5.74, 6) is 0.908. The molecule has 0 bridgehead atoms. The van der Waals surface area contributed by atoms with Crippen molar-refractivity contribution < 1.29 is 23.1 Å². The first-order chi connectivity index (χ1) is 14.8. The number of anilines is 1. The van der Waals surface area contributed by atoms with Crippen molar-refractivity contribution in [3.05, 3.63) is 59.7 Å². The zero-order valence-corrected chi connectivity index (χ0v) is 17.6. The van der Waals surface area contributed by atoms with Crippen LogP contribution in [0.25, 0.3) is 22.6 Å². The van der Waals surface area contributed by atoms with Crippen molar-refractivity contribution in [2.45, 2.75) is 39.7 Å². The van der Waals surface area contributed by atoms with Crippen molar-refractivity contribution in [2.24, 2.45) is 0 Å². The smallest absolute Gasteiger partial charge is 0.414 e. The van der Waals surface area contributed by atoms with Crippen LogP contribution in [-0.2, 0) is 9.53 Å². The number of aryl methyl sites for hydroxylation is 2. The second-order valence-corrected chi connectivity index (χ2v) is 7.76. The number of ketones is 1. The van der Waals surface area contributed by atoms with Crippen molar-refractivity contribution >= 4 is 17.6 Å². The molecule has 1 saturated heterocycles. The molecule has 1 fully saturated rings. The van der Waals surface area contributed by atoms with Crippen molar-refractivity contribution in [3.63, 3.8) is 0 Å². The lowest BCUT2D eigenvalue weighted by Crippen LogP contribution is -2.24. The normalized spacial score (nSPS) is 15.9. The van der Waals surface area contributed by atoms with Crippen LogP contribution in [0, 0.1) is 19.7 Å². The second-order valence-electron chi connectivity index (χ2n) is 7.76. The lowest BCUT2D eigenvalue weighted by atomic mass is 10.0. The number of hydrogen-bond donors (Lipinski definition) is 0. The first-order valence-electron chi connectivity index (χ1n) is 10.1. The third kappa shape index (κ3) is 4.35. The molecule has 31 heavy (non-hydrogen) atoms. The Kier molecular flexibility index (Phi) is 5.59. The molecule has 2 heterocycles. The van der Waals surface area contributed by atoms with Crippen LogP contribution in [0.5, 0.6) is 0 Å². The number of halogens is 1. The lowest BCUT2D eigenvalue weighted by molar-refractivity contribution is -0.117. The van der Waals surface area contributed by atoms with Gasteiger partial charge < -0.3 is 13.9 Å². The van der Waals surface area contributed by atoms with Gasteiger partial charge in [0, 0.05) is 17.5 Å². The van der Waals surface area contributed by atoms with Gasteiger partial charge in [0.15, 0.2) is 0 Å². The summed E-state index contributed by atoms with van der Waals surface area (Å²) in [4.78, 5) is 29.1. The fourth-order valence-electron chi connectivity index (χ4n) is 3.54. The summed E-state index contributed by atoms with van der Waals surface area (Å²) >= 11 is 0. The summed E-state index contributed by atoms with van der Waals surface area (Å²) in [5.41, 5.74) is 3.21. The minimum atomic E-state index is -0.526. The van der Waals surface area contributed by atoms with Crippen LogP contribution >= 0.6 is 0 Å². The van der Waals surface area contributed by atoms with E-state index in [0.29, 0.717) is 42.1 Å². The largest absolute Gasteiger partial charge is 0.444 e. The molecule has 1 aliphatic rings. The number of carbonyl (C=O) groups excluding carboxylic acids is 2. The molecule has 1 atom stereocenters. The number of rotatable bonds is 6. The number of benzene rings is 2. The topological polar surface area (TPSA) is 72.6 Å². The van der Waals surface area contributed by atoms with Crippen LogP contribution in [0.2, 0.25) is 0 Å². The van der Waals surface area contributed by atoms with E-state index in [1.165, 1.54) is 17.9 Å². The van der Waals surface area contributed by atoms with E-state index in [1.807, 2.05) is 38.1 Å². The van der Waals surface area contributed by atoms with Crippen molar-refractivity contribution in [3.8, 4) is 22.6 Å². The quantitative estimate of drug-likeness (QED) is 0.527. The number of oxazole rings is 1. The van der Waals surface area contributed by atoms with Crippen LogP contribution < -0.4 is 4.90 Å². The van der Waals surface area contributed by atoms with Gasteiger partial charge in [-0.1, -0.05) is 12.1 Å². The summed E-state index contributed by atoms with van der Waals surface area (Å²) in [6, 6.07) is 12.0. The predicted molar refractivity (Wildman–Crippen MR) is 114 cm³/mol. The second kappa shape index (κ2) is 8.34. The van der Waals surface area contributed by atoms with Crippen molar-refractivity contribution in [1.29, 1.82) is 0 Å². The molecule has 1 amide bonds. The summed E-state index contributed by atoms with van der Waals surface area (Å²) in [5, 5.41) is 0. The molecule has 1 aliphatic heterocycles. The zero-order chi connectivity index (χ0) is 22.1. The highest BCUT2D eigenvalue weighted by atomic mass is 19.1. The van der Waals surface area contributed by atoms with E-state index in [4.69, 9.17) is 9.15 Å². The number of hydrogen-bond acceptors (Lipinski definition) is 5. The van der Waals surface area contributed by atoms with Gasteiger partial charge in [0.2, 0.25) is 5.89 Å². The van der Waals surface area contributed by atoms with E-state index in [-0.39, 0.29) is 11.9 Å². The Labute approximate surface area is 179 Å². The Bertz CT molecular complexity index is 1120. The van der Waals surface area contributed by atoms with Gasteiger partial charge in [-0.3, -0.25) is 4.90 Å². The molecule has 2 aromatic carbocycles. The van der Waals surface area contributed by atoms with Gasteiger partial charge in [-0.05, 0) is 63.1 Å². The molecule has 3 aromatic rings. The Morgan fingerprint density at radius 2 is 1.87 bits per heavy atom. The van der Waals surface area contributed by atoms with Gasteiger partial charge >= 0.3 is 6.09 Å². The zero-order valence-electron chi connectivity index (χ0n) is 17.6. The maximum atomic E-state index is 14.9. The van der Waals surface area contributed by atoms with E-state index >= 15 is 0 Å². The first-order valence-corrected chi connectivity index (χ1v) is 10.1. The number of ether oxygens (including phenoxy) is 1. The van der Waals surface area contributed by atoms with Gasteiger partial charge in [0.25, 0.3) is 0 Å². The standard InChI is InChI=1S/C24H23FN2O4/c1-14(28)4-10-20-13-27(24(29)31-20)19-9-11-21(22(25)12-19)17-5-7-18(8-6-17)23-26-15(2)16(3)30-23/h5-9,11-12,20H,4,10,13H2,1-3H3/t20-/m0/s1. The van der Waals surface area contributed by atoms with Crippen LogP contribution in [0.3, 0.4) is 0 Å². The molecule has 0 unspecified atom stereocenters. The molecule has 0 saturated carbocycles. The molecule has 7 heteroatoms. The van der Waals surface area contributed by atoms with E-state index in [0.717, 1.165) is 17.0 Å². The van der Waals surface area contributed by atoms with E-state index in [1.54, 1.807) is 12.1 Å². The third-order valence-electron chi connectivity index (χ3n) is 5.43. The fourth-order valence-corrected chi connectivity index (χ4v) is 3.54. The average molecular weight is 422 g/mol. The highest BCUT2D eigenvalue weighted by Crippen LogP contribution is 2.31. The summed E-state index contributed by atoms with van der Waals surface area (Å²) in [7, 11) is 0. The Balaban J connectivity index is 1.51. The number of amides is 1. The first kappa shape index (κ1) is 20.8. The van der Waals surface area contributed by atoms with Gasteiger partial charge in [-0.15, -0.1) is 0 Å². The molecule has 0 N–H and O–H groups in total. The SMILES string of the molecule is CC(=O)CC[C@H]1CN(c2ccc(-c3ccc(-c4nc(C)c(C)o4)cc3)c(F)c2)C(=O)O1. The molecular weight excluding hydrogens is 399 g/mol. The van der Waals surface area contributed by atoms with Crippen LogP contribution in [-0.4, -0.2) is 29.5 Å². The Hall–Kier alpha value is -3.48. The maximum Gasteiger partial charge on any atom is 0.414 e. The average Bonchev–Trinajstić information content (AvgIpc) is 3.28. The number of nitrogens with zero attached hydrogens (tertiary/aromatic N) is 2. The number of aromatic nitrogens is 1. The van der Waals surface area contributed by atoms with Gasteiger partial charge in [0.05, 0.1) is 17.9 Å². The van der Waals surface area contributed by atoms with Gasteiger partial charge in [-0.25, -0.2) is 14.2 Å². The molecule has 6 nitrogen and oxygen atoms in total. The molecule has 0 aliphatic carbocycles. The summed E-state index contributed by atoms with van der Waals surface area (Å²) < 4.78 is 25.8. The van der Waals surface area contributed by atoms with Crippen molar-refractivity contribution in [2.75, 3.05) is 11.4 Å². The summed E-state index contributed by atoms with van der Waals surface area (Å²) in [6.45, 7) is 5.55. The van der Waals surface area contributed by atoms with Crippen LogP contribution in [0.4, 0.5) is 14.9 Å². The maximum absolute atomic E-state index is 14.9. The number of carbonyl (C=O) groups is 2. The van der Waals surface area contributed by atoms with Gasteiger partial charge in [0.1, 0.15) is 23.5 Å². The van der Waals surface area contributed by atoms with Gasteiger partial charge in [-0.2, -0.15) is 0 Å². The van der Waals surface area contributed by atoms with E-state index in [9.17, 15) is 14.0 Å². The highest BCUT2D eigenvalue weighted by Gasteiger charge is 2.32. The Morgan fingerprint density at radius 1 is 1.16 bits per heavy atom.